The van der Waals surface area contributed by atoms with Gasteiger partial charge in [-0.25, -0.2) is 8.42 Å². The van der Waals surface area contributed by atoms with Gasteiger partial charge in [-0.05, 0) is 30.2 Å². The van der Waals surface area contributed by atoms with E-state index in [-0.39, 0.29) is 11.7 Å². The smallest absolute Gasteiger partial charge is 0.245 e. The van der Waals surface area contributed by atoms with Crippen molar-refractivity contribution in [2.75, 3.05) is 21.9 Å². The Labute approximate surface area is 141 Å². The average Bonchev–Trinajstić information content (AvgIpc) is 2.94. The van der Waals surface area contributed by atoms with Crippen LogP contribution in [0.4, 0.5) is 11.4 Å². The van der Waals surface area contributed by atoms with Gasteiger partial charge in [0.25, 0.3) is 0 Å². The first-order valence-electron chi connectivity index (χ1n) is 7.69. The van der Waals surface area contributed by atoms with Gasteiger partial charge in [-0.1, -0.05) is 36.4 Å². The number of amides is 1. The van der Waals surface area contributed by atoms with Crippen molar-refractivity contribution in [3.63, 3.8) is 0 Å². The molecule has 126 valence electrons. The second-order valence-corrected chi connectivity index (χ2v) is 7.68. The Kier molecular flexibility index (Phi) is 4.55. The fraction of sp³-hybridized carbons (Fsp3) is 0.235. The summed E-state index contributed by atoms with van der Waals surface area (Å²) < 4.78 is 25.4. The summed E-state index contributed by atoms with van der Waals surface area (Å²) in [5, 5.41) is 2.75. The van der Waals surface area contributed by atoms with E-state index in [2.05, 4.69) is 5.32 Å². The molecule has 6 nitrogen and oxygen atoms in total. The van der Waals surface area contributed by atoms with Gasteiger partial charge in [0.15, 0.2) is 0 Å². The molecule has 1 atom stereocenters. The SMILES string of the molecule is N[C@H](C(=O)Nc1cccc(N2CCCS2(=O)=O)c1)c1ccccc1. The van der Waals surface area contributed by atoms with Crippen molar-refractivity contribution in [1.82, 2.24) is 0 Å². The van der Waals surface area contributed by atoms with Crippen molar-refractivity contribution in [2.24, 2.45) is 5.73 Å². The Morgan fingerprint density at radius 2 is 1.88 bits per heavy atom. The number of rotatable bonds is 4. The lowest BCUT2D eigenvalue weighted by Gasteiger charge is -2.18. The van der Waals surface area contributed by atoms with Gasteiger partial charge in [0, 0.05) is 12.2 Å². The van der Waals surface area contributed by atoms with Gasteiger partial charge >= 0.3 is 0 Å². The lowest BCUT2D eigenvalue weighted by Crippen LogP contribution is -2.28. The van der Waals surface area contributed by atoms with E-state index in [9.17, 15) is 13.2 Å². The van der Waals surface area contributed by atoms with Gasteiger partial charge in [-0.3, -0.25) is 9.10 Å². The maximum Gasteiger partial charge on any atom is 0.245 e. The summed E-state index contributed by atoms with van der Waals surface area (Å²) in [6.07, 6.45) is 0.609. The zero-order valence-electron chi connectivity index (χ0n) is 13.1. The van der Waals surface area contributed by atoms with Gasteiger partial charge in [-0.15, -0.1) is 0 Å². The van der Waals surface area contributed by atoms with Crippen LogP contribution >= 0.6 is 0 Å². The summed E-state index contributed by atoms with van der Waals surface area (Å²) in [5.41, 5.74) is 7.76. The molecule has 1 saturated heterocycles. The molecule has 2 aromatic carbocycles. The average molecular weight is 345 g/mol. The highest BCUT2D eigenvalue weighted by atomic mass is 32.2. The van der Waals surface area contributed by atoms with Crippen molar-refractivity contribution < 1.29 is 13.2 Å². The van der Waals surface area contributed by atoms with Crippen LogP contribution in [-0.2, 0) is 14.8 Å². The van der Waals surface area contributed by atoms with Crippen LogP contribution in [0.25, 0.3) is 0 Å². The number of nitrogens with one attached hydrogen (secondary N) is 1. The van der Waals surface area contributed by atoms with Crippen molar-refractivity contribution in [3.05, 3.63) is 60.2 Å². The van der Waals surface area contributed by atoms with Crippen LogP contribution in [0.1, 0.15) is 18.0 Å². The highest BCUT2D eigenvalue weighted by Gasteiger charge is 2.28. The van der Waals surface area contributed by atoms with Crippen LogP contribution in [0.2, 0.25) is 0 Å². The fourth-order valence-corrected chi connectivity index (χ4v) is 4.26. The van der Waals surface area contributed by atoms with E-state index in [4.69, 9.17) is 5.73 Å². The lowest BCUT2D eigenvalue weighted by molar-refractivity contribution is -0.117. The summed E-state index contributed by atoms with van der Waals surface area (Å²) in [4.78, 5) is 12.3. The maximum atomic E-state index is 12.3. The molecule has 0 radical (unpaired) electrons. The third-order valence-corrected chi connectivity index (χ3v) is 5.81. The van der Waals surface area contributed by atoms with Crippen LogP contribution in [0, 0.1) is 0 Å². The molecule has 0 unspecified atom stereocenters. The van der Waals surface area contributed by atoms with Crippen LogP contribution in [-0.4, -0.2) is 26.6 Å². The van der Waals surface area contributed by atoms with Crippen molar-refractivity contribution in [1.29, 1.82) is 0 Å². The molecular formula is C17H19N3O3S. The first kappa shape index (κ1) is 16.5. The Hall–Kier alpha value is -2.38. The number of hydrogen-bond acceptors (Lipinski definition) is 4. The summed E-state index contributed by atoms with van der Waals surface area (Å²) in [6, 6.07) is 15.1. The van der Waals surface area contributed by atoms with E-state index in [0.29, 0.717) is 29.9 Å². The number of carbonyl (C=O) groups is 1. The molecule has 2 aromatic rings. The normalized spacial score (nSPS) is 17.5. The quantitative estimate of drug-likeness (QED) is 0.885. The van der Waals surface area contributed by atoms with E-state index in [1.165, 1.54) is 4.31 Å². The molecule has 24 heavy (non-hydrogen) atoms. The Bertz CT molecular complexity index is 837. The summed E-state index contributed by atoms with van der Waals surface area (Å²) in [5.74, 6) is -0.190. The van der Waals surface area contributed by atoms with Crippen molar-refractivity contribution in [2.45, 2.75) is 12.5 Å². The Morgan fingerprint density at radius 1 is 1.12 bits per heavy atom. The molecule has 3 rings (SSSR count). The van der Waals surface area contributed by atoms with Gasteiger partial charge in [0.05, 0.1) is 11.4 Å². The van der Waals surface area contributed by atoms with E-state index in [1.807, 2.05) is 18.2 Å². The molecule has 7 heteroatoms. The van der Waals surface area contributed by atoms with Gasteiger partial charge in [0.2, 0.25) is 15.9 Å². The molecule has 0 saturated carbocycles. The molecule has 0 bridgehead atoms. The highest BCUT2D eigenvalue weighted by molar-refractivity contribution is 7.93. The number of carbonyl (C=O) groups excluding carboxylic acids is 1. The van der Waals surface area contributed by atoms with Crippen LogP contribution in [0.15, 0.2) is 54.6 Å². The number of nitrogens with two attached hydrogens (primary N) is 1. The first-order valence-corrected chi connectivity index (χ1v) is 9.30. The molecule has 1 fully saturated rings. The minimum Gasteiger partial charge on any atom is -0.324 e. The summed E-state index contributed by atoms with van der Waals surface area (Å²) in [6.45, 7) is 0.462. The number of sulfonamides is 1. The Morgan fingerprint density at radius 3 is 2.54 bits per heavy atom. The molecule has 1 aliphatic rings. The first-order chi connectivity index (χ1) is 11.5. The lowest BCUT2D eigenvalue weighted by atomic mass is 10.1. The third kappa shape index (κ3) is 3.42. The summed E-state index contributed by atoms with van der Waals surface area (Å²) in [7, 11) is -3.25. The largest absolute Gasteiger partial charge is 0.324 e. The van der Waals surface area contributed by atoms with E-state index in [1.54, 1.807) is 36.4 Å². The molecule has 0 aliphatic carbocycles. The molecule has 0 spiro atoms. The molecule has 1 aliphatic heterocycles. The van der Waals surface area contributed by atoms with E-state index >= 15 is 0 Å². The standard InChI is InChI=1S/C17H19N3O3S/c18-16(13-6-2-1-3-7-13)17(21)19-14-8-4-9-15(12-14)20-10-5-11-24(20,22)23/h1-4,6-9,12,16H,5,10-11,18H2,(H,19,21)/t16-/m0/s1. The molecule has 3 N–H and O–H groups in total. The zero-order chi connectivity index (χ0) is 17.2. The van der Waals surface area contributed by atoms with Crippen molar-refractivity contribution >= 4 is 27.3 Å². The third-order valence-electron chi connectivity index (χ3n) is 3.94. The van der Waals surface area contributed by atoms with Gasteiger partial charge in [0.1, 0.15) is 6.04 Å². The monoisotopic (exact) mass is 345 g/mol. The van der Waals surface area contributed by atoms with Crippen molar-refractivity contribution in [3.8, 4) is 0 Å². The second kappa shape index (κ2) is 6.62. The predicted molar refractivity (Wildman–Crippen MR) is 94.2 cm³/mol. The number of hydrogen-bond donors (Lipinski definition) is 2. The minimum absolute atomic E-state index is 0.155. The summed E-state index contributed by atoms with van der Waals surface area (Å²) >= 11 is 0. The fourth-order valence-electron chi connectivity index (χ4n) is 2.70. The van der Waals surface area contributed by atoms with Gasteiger partial charge in [-0.2, -0.15) is 0 Å². The number of benzene rings is 2. The zero-order valence-corrected chi connectivity index (χ0v) is 13.9. The van der Waals surface area contributed by atoms with Crippen LogP contribution in [0.5, 0.6) is 0 Å². The van der Waals surface area contributed by atoms with Crippen LogP contribution in [0.3, 0.4) is 0 Å². The van der Waals surface area contributed by atoms with E-state index < -0.39 is 16.1 Å². The minimum atomic E-state index is -3.25. The Balaban J connectivity index is 1.76. The molecule has 0 aromatic heterocycles. The molecule has 1 heterocycles. The van der Waals surface area contributed by atoms with E-state index in [0.717, 1.165) is 0 Å². The predicted octanol–water partition coefficient (Wildman–Crippen LogP) is 1.86. The highest BCUT2D eigenvalue weighted by Crippen LogP contribution is 2.26. The van der Waals surface area contributed by atoms with Gasteiger partial charge < -0.3 is 11.1 Å². The number of anilines is 2. The van der Waals surface area contributed by atoms with Crippen LogP contribution < -0.4 is 15.4 Å². The molecular weight excluding hydrogens is 326 g/mol. The number of nitrogens with zero attached hydrogens (tertiary/aromatic N) is 1. The molecule has 1 amide bonds. The second-order valence-electron chi connectivity index (χ2n) is 5.67. The topological polar surface area (TPSA) is 92.5 Å². The maximum absolute atomic E-state index is 12.3.